The smallest absolute Gasteiger partial charge is 0.0114 e. The van der Waals surface area contributed by atoms with Gasteiger partial charge in [0.25, 0.3) is 0 Å². The lowest BCUT2D eigenvalue weighted by molar-refractivity contribution is 0.718. The van der Waals surface area contributed by atoms with Crippen molar-refractivity contribution in [3.8, 4) is 0 Å². The van der Waals surface area contributed by atoms with E-state index in [1.165, 1.54) is 16.3 Å². The molecular formula is C14H16S. The van der Waals surface area contributed by atoms with E-state index in [0.29, 0.717) is 0 Å². The van der Waals surface area contributed by atoms with Gasteiger partial charge in [-0.3, -0.25) is 0 Å². The van der Waals surface area contributed by atoms with Gasteiger partial charge in [-0.15, -0.1) is 0 Å². The lowest BCUT2D eigenvalue weighted by atomic mass is 9.96. The number of fused-ring (bicyclic) bond motifs is 1. The van der Waals surface area contributed by atoms with Crippen LogP contribution in [-0.2, 0) is 6.42 Å². The molecule has 0 aliphatic heterocycles. The second-order valence-corrected chi connectivity index (χ2v) is 5.84. The van der Waals surface area contributed by atoms with Gasteiger partial charge in [0.2, 0.25) is 0 Å². The van der Waals surface area contributed by atoms with Gasteiger partial charge in [0.05, 0.1) is 0 Å². The Morgan fingerprint density at radius 2 is 1.67 bits per heavy atom. The first-order valence-corrected chi connectivity index (χ1v) is 5.70. The molecule has 0 saturated heterocycles. The highest BCUT2D eigenvalue weighted by molar-refractivity contribution is 7.81. The van der Waals surface area contributed by atoms with Crippen LogP contribution in [0.1, 0.15) is 19.4 Å². The van der Waals surface area contributed by atoms with E-state index in [4.69, 9.17) is 0 Å². The summed E-state index contributed by atoms with van der Waals surface area (Å²) in [6.45, 7) is 4.30. The summed E-state index contributed by atoms with van der Waals surface area (Å²) in [5.41, 5.74) is 1.38. The molecule has 0 bridgehead atoms. The zero-order valence-corrected chi connectivity index (χ0v) is 10.1. The van der Waals surface area contributed by atoms with Gasteiger partial charge in [0.15, 0.2) is 0 Å². The molecule has 0 nitrogen and oxygen atoms in total. The molecule has 0 heterocycles. The van der Waals surface area contributed by atoms with Crippen molar-refractivity contribution in [2.45, 2.75) is 25.0 Å². The number of benzene rings is 2. The van der Waals surface area contributed by atoms with Gasteiger partial charge in [-0.1, -0.05) is 56.3 Å². The molecule has 0 amide bonds. The standard InChI is InChI=1S/C14H16S/c1-14(2,15)10-12-8-5-7-11-6-3-4-9-13(11)12/h3-9,15H,10H2,1-2H3. The molecule has 0 fully saturated rings. The third-order valence-electron chi connectivity index (χ3n) is 2.50. The van der Waals surface area contributed by atoms with E-state index >= 15 is 0 Å². The molecule has 0 spiro atoms. The zero-order valence-electron chi connectivity index (χ0n) is 9.20. The number of thiol groups is 1. The molecule has 0 aliphatic carbocycles. The van der Waals surface area contributed by atoms with Crippen LogP contribution in [-0.4, -0.2) is 4.75 Å². The minimum absolute atomic E-state index is 0.0458. The van der Waals surface area contributed by atoms with Crippen molar-refractivity contribution in [3.63, 3.8) is 0 Å². The van der Waals surface area contributed by atoms with Crippen molar-refractivity contribution in [2.24, 2.45) is 0 Å². The van der Waals surface area contributed by atoms with Crippen molar-refractivity contribution < 1.29 is 0 Å². The zero-order chi connectivity index (χ0) is 10.9. The van der Waals surface area contributed by atoms with Crippen LogP contribution in [0.25, 0.3) is 10.8 Å². The lowest BCUT2D eigenvalue weighted by Gasteiger charge is -2.18. The predicted molar refractivity (Wildman–Crippen MR) is 70.7 cm³/mol. The molecule has 0 aromatic heterocycles. The van der Waals surface area contributed by atoms with Gasteiger partial charge in [0.1, 0.15) is 0 Å². The van der Waals surface area contributed by atoms with Gasteiger partial charge < -0.3 is 0 Å². The molecule has 0 unspecified atom stereocenters. The molecule has 2 aromatic carbocycles. The fourth-order valence-corrected chi connectivity index (χ4v) is 2.08. The van der Waals surface area contributed by atoms with E-state index < -0.39 is 0 Å². The van der Waals surface area contributed by atoms with Crippen molar-refractivity contribution in [2.75, 3.05) is 0 Å². The summed E-state index contributed by atoms with van der Waals surface area (Å²) >= 11 is 4.59. The maximum absolute atomic E-state index is 4.59. The van der Waals surface area contributed by atoms with Crippen LogP contribution in [0.3, 0.4) is 0 Å². The normalized spacial score (nSPS) is 11.9. The summed E-state index contributed by atoms with van der Waals surface area (Å²) in [6, 6.07) is 15.0. The number of hydrogen-bond acceptors (Lipinski definition) is 1. The molecule has 15 heavy (non-hydrogen) atoms. The van der Waals surface area contributed by atoms with Crippen molar-refractivity contribution in [1.82, 2.24) is 0 Å². The molecule has 0 atom stereocenters. The molecule has 0 saturated carbocycles. The summed E-state index contributed by atoms with van der Waals surface area (Å²) in [5, 5.41) is 2.66. The Balaban J connectivity index is 2.52. The fraction of sp³-hybridized carbons (Fsp3) is 0.286. The highest BCUT2D eigenvalue weighted by Crippen LogP contribution is 2.25. The Hall–Kier alpha value is -0.950. The third kappa shape index (κ3) is 2.54. The highest BCUT2D eigenvalue weighted by atomic mass is 32.1. The lowest BCUT2D eigenvalue weighted by Crippen LogP contribution is -2.14. The average Bonchev–Trinajstić information content (AvgIpc) is 2.16. The molecule has 1 heteroatoms. The van der Waals surface area contributed by atoms with E-state index in [-0.39, 0.29) is 4.75 Å². The Kier molecular flexibility index (Phi) is 2.74. The van der Waals surface area contributed by atoms with Crippen LogP contribution < -0.4 is 0 Å². The third-order valence-corrected chi connectivity index (χ3v) is 2.66. The van der Waals surface area contributed by atoms with Gasteiger partial charge >= 0.3 is 0 Å². The average molecular weight is 216 g/mol. The molecule has 0 N–H and O–H groups in total. The van der Waals surface area contributed by atoms with Crippen LogP contribution >= 0.6 is 12.6 Å². The molecule has 2 aromatic rings. The first-order valence-electron chi connectivity index (χ1n) is 5.25. The van der Waals surface area contributed by atoms with E-state index in [9.17, 15) is 0 Å². The van der Waals surface area contributed by atoms with E-state index in [0.717, 1.165) is 6.42 Å². The second kappa shape index (κ2) is 3.90. The van der Waals surface area contributed by atoms with Crippen LogP contribution in [0.15, 0.2) is 42.5 Å². The van der Waals surface area contributed by atoms with Gasteiger partial charge in [-0.25, -0.2) is 0 Å². The van der Waals surface area contributed by atoms with Crippen LogP contribution in [0, 0.1) is 0 Å². The van der Waals surface area contributed by atoms with Gasteiger partial charge in [-0.2, -0.15) is 12.6 Å². The largest absolute Gasteiger partial charge is 0.173 e. The first-order chi connectivity index (χ1) is 7.06. The Bertz CT molecular complexity index is 461. The molecular weight excluding hydrogens is 200 g/mol. The maximum Gasteiger partial charge on any atom is 0.0114 e. The summed E-state index contributed by atoms with van der Waals surface area (Å²) in [7, 11) is 0. The monoisotopic (exact) mass is 216 g/mol. The van der Waals surface area contributed by atoms with E-state index in [1.54, 1.807) is 0 Å². The summed E-state index contributed by atoms with van der Waals surface area (Å²) < 4.78 is 0.0458. The summed E-state index contributed by atoms with van der Waals surface area (Å²) in [5.74, 6) is 0. The van der Waals surface area contributed by atoms with Crippen molar-refractivity contribution in [1.29, 1.82) is 0 Å². The van der Waals surface area contributed by atoms with E-state index in [1.807, 2.05) is 0 Å². The molecule has 0 aliphatic rings. The van der Waals surface area contributed by atoms with Crippen LogP contribution in [0.2, 0.25) is 0 Å². The predicted octanol–water partition coefficient (Wildman–Crippen LogP) is 4.09. The van der Waals surface area contributed by atoms with Gasteiger partial charge in [-0.05, 0) is 22.8 Å². The summed E-state index contributed by atoms with van der Waals surface area (Å²) in [6.07, 6.45) is 0.997. The Labute approximate surface area is 96.7 Å². The maximum atomic E-state index is 4.59. The second-order valence-electron chi connectivity index (χ2n) is 4.63. The fourth-order valence-electron chi connectivity index (χ4n) is 1.91. The van der Waals surface area contributed by atoms with Gasteiger partial charge in [0, 0.05) is 4.75 Å². The first kappa shape index (κ1) is 10.6. The quantitative estimate of drug-likeness (QED) is 0.718. The minimum Gasteiger partial charge on any atom is -0.173 e. The van der Waals surface area contributed by atoms with Crippen molar-refractivity contribution >= 4 is 23.4 Å². The minimum atomic E-state index is 0.0458. The topological polar surface area (TPSA) is 0 Å². The number of rotatable bonds is 2. The number of hydrogen-bond donors (Lipinski definition) is 1. The molecule has 78 valence electrons. The summed E-state index contributed by atoms with van der Waals surface area (Å²) in [4.78, 5) is 0. The molecule has 0 radical (unpaired) electrons. The van der Waals surface area contributed by atoms with E-state index in [2.05, 4.69) is 68.9 Å². The van der Waals surface area contributed by atoms with Crippen LogP contribution in [0.5, 0.6) is 0 Å². The SMILES string of the molecule is CC(C)(S)Cc1cccc2ccccc12. The van der Waals surface area contributed by atoms with Crippen LogP contribution in [0.4, 0.5) is 0 Å². The molecule has 2 rings (SSSR count). The Morgan fingerprint density at radius 3 is 2.40 bits per heavy atom. The Morgan fingerprint density at radius 1 is 1.00 bits per heavy atom. The van der Waals surface area contributed by atoms with Crippen molar-refractivity contribution in [3.05, 3.63) is 48.0 Å². The highest BCUT2D eigenvalue weighted by Gasteiger charge is 2.13.